The van der Waals surface area contributed by atoms with E-state index in [9.17, 15) is 4.79 Å². The molecule has 0 aromatic heterocycles. The first-order valence-corrected chi connectivity index (χ1v) is 7.86. The number of carbonyl (C=O) groups excluding carboxylic acids is 1. The van der Waals surface area contributed by atoms with Gasteiger partial charge in [0.05, 0.1) is 0 Å². The monoisotopic (exact) mass is 250 g/mol. The van der Waals surface area contributed by atoms with Crippen LogP contribution in [0.5, 0.6) is 0 Å². The second-order valence-corrected chi connectivity index (χ2v) is 7.73. The third-order valence-electron chi connectivity index (χ3n) is 6.28. The van der Waals surface area contributed by atoms with Gasteiger partial charge in [-0.3, -0.25) is 4.79 Å². The van der Waals surface area contributed by atoms with Crippen molar-refractivity contribution in [3.63, 3.8) is 0 Å². The van der Waals surface area contributed by atoms with Crippen LogP contribution in [0.15, 0.2) is 0 Å². The van der Waals surface area contributed by atoms with Crippen LogP contribution in [0.3, 0.4) is 0 Å². The summed E-state index contributed by atoms with van der Waals surface area (Å²) >= 11 is 0. The fraction of sp³-hybridized carbons (Fsp3) is 0.941. The molecular weight excluding hydrogens is 220 g/mol. The smallest absolute Gasteiger partial charge is 0.139 e. The quantitative estimate of drug-likeness (QED) is 0.700. The molecule has 0 spiro atoms. The Bertz CT molecular complexity index is 331. The second-order valence-electron chi connectivity index (χ2n) is 7.73. The molecule has 2 aliphatic carbocycles. The van der Waals surface area contributed by atoms with Crippen LogP contribution in [0, 0.1) is 28.6 Å². The zero-order chi connectivity index (χ0) is 13.6. The number of Topliss-reactive ketones (excluding diaryl/α,β-unsaturated/α-hetero) is 1. The highest BCUT2D eigenvalue weighted by Gasteiger charge is 2.54. The molecule has 2 aliphatic rings. The Morgan fingerprint density at radius 2 is 2.00 bits per heavy atom. The van der Waals surface area contributed by atoms with E-state index in [0.717, 1.165) is 31.1 Å². The van der Waals surface area contributed by atoms with Gasteiger partial charge in [0.2, 0.25) is 0 Å². The van der Waals surface area contributed by atoms with E-state index in [1.807, 2.05) is 0 Å². The van der Waals surface area contributed by atoms with Crippen molar-refractivity contribution < 1.29 is 4.79 Å². The van der Waals surface area contributed by atoms with E-state index in [4.69, 9.17) is 0 Å². The Morgan fingerprint density at radius 3 is 2.61 bits per heavy atom. The third-order valence-corrected chi connectivity index (χ3v) is 6.28. The highest BCUT2D eigenvalue weighted by atomic mass is 16.1. The molecule has 2 rings (SSSR count). The van der Waals surface area contributed by atoms with Gasteiger partial charge in [0.1, 0.15) is 5.78 Å². The zero-order valence-electron chi connectivity index (χ0n) is 12.9. The first-order valence-electron chi connectivity index (χ1n) is 7.86. The normalized spacial score (nSPS) is 40.9. The van der Waals surface area contributed by atoms with Crippen molar-refractivity contribution >= 4 is 5.78 Å². The SMILES string of the molecule is CCCC(C)(C)C1CC[C@]2(C)C(=O)CCC2C1C. The fourth-order valence-electron chi connectivity index (χ4n) is 5.20. The van der Waals surface area contributed by atoms with Gasteiger partial charge in [-0.05, 0) is 48.9 Å². The van der Waals surface area contributed by atoms with Crippen LogP contribution in [-0.4, -0.2) is 5.78 Å². The standard InChI is InChI=1S/C17H30O/c1-6-10-16(3,4)13-9-11-17(5)14(12(13)2)7-8-15(17)18/h12-14H,6-11H2,1-5H3/t12?,13?,14?,17-/m0/s1. The lowest BCUT2D eigenvalue weighted by molar-refractivity contribution is -0.131. The first kappa shape index (κ1) is 14.1. The minimum atomic E-state index is 0.0260. The summed E-state index contributed by atoms with van der Waals surface area (Å²) < 4.78 is 0. The lowest BCUT2D eigenvalue weighted by Gasteiger charge is -2.49. The summed E-state index contributed by atoms with van der Waals surface area (Å²) in [6.45, 7) is 11.8. The molecular formula is C17H30O. The molecule has 0 heterocycles. The molecule has 0 aromatic rings. The summed E-state index contributed by atoms with van der Waals surface area (Å²) in [5, 5.41) is 0. The van der Waals surface area contributed by atoms with Crippen molar-refractivity contribution in [2.45, 2.75) is 73.1 Å². The zero-order valence-corrected chi connectivity index (χ0v) is 12.9. The van der Waals surface area contributed by atoms with Crippen molar-refractivity contribution in [1.29, 1.82) is 0 Å². The van der Waals surface area contributed by atoms with Gasteiger partial charge >= 0.3 is 0 Å². The fourth-order valence-corrected chi connectivity index (χ4v) is 5.20. The Labute approximate surface area is 113 Å². The highest BCUT2D eigenvalue weighted by Crippen LogP contribution is 2.58. The van der Waals surface area contributed by atoms with Crippen molar-refractivity contribution in [1.82, 2.24) is 0 Å². The topological polar surface area (TPSA) is 17.1 Å². The minimum absolute atomic E-state index is 0.0260. The average molecular weight is 250 g/mol. The number of fused-ring (bicyclic) bond motifs is 1. The molecule has 0 bridgehead atoms. The predicted molar refractivity (Wildman–Crippen MR) is 76.4 cm³/mol. The maximum atomic E-state index is 12.2. The summed E-state index contributed by atoms with van der Waals surface area (Å²) in [4.78, 5) is 12.2. The van der Waals surface area contributed by atoms with Gasteiger partial charge < -0.3 is 0 Å². The number of carbonyl (C=O) groups is 1. The Kier molecular flexibility index (Phi) is 3.64. The Morgan fingerprint density at radius 1 is 1.33 bits per heavy atom. The molecule has 3 unspecified atom stereocenters. The first-order chi connectivity index (χ1) is 8.33. The summed E-state index contributed by atoms with van der Waals surface area (Å²) in [5.41, 5.74) is 0.472. The molecule has 0 N–H and O–H groups in total. The average Bonchev–Trinajstić information content (AvgIpc) is 2.56. The molecule has 2 fully saturated rings. The lowest BCUT2D eigenvalue weighted by atomic mass is 9.54. The molecule has 0 saturated heterocycles. The summed E-state index contributed by atoms with van der Waals surface area (Å²) in [6.07, 6.45) is 6.98. The van der Waals surface area contributed by atoms with E-state index < -0.39 is 0 Å². The van der Waals surface area contributed by atoms with Gasteiger partial charge in [-0.1, -0.05) is 41.0 Å². The molecule has 0 radical (unpaired) electrons. The molecule has 4 atom stereocenters. The van der Waals surface area contributed by atoms with E-state index in [1.165, 1.54) is 19.3 Å². The largest absolute Gasteiger partial charge is 0.299 e. The van der Waals surface area contributed by atoms with Crippen LogP contribution in [0.1, 0.15) is 73.1 Å². The number of ketones is 1. The van der Waals surface area contributed by atoms with E-state index >= 15 is 0 Å². The van der Waals surface area contributed by atoms with Crippen molar-refractivity contribution in [3.8, 4) is 0 Å². The highest BCUT2D eigenvalue weighted by molar-refractivity contribution is 5.87. The molecule has 0 aromatic carbocycles. The van der Waals surface area contributed by atoms with Gasteiger partial charge in [0.25, 0.3) is 0 Å². The van der Waals surface area contributed by atoms with Crippen molar-refractivity contribution in [2.75, 3.05) is 0 Å². The van der Waals surface area contributed by atoms with Crippen LogP contribution in [0.2, 0.25) is 0 Å². The van der Waals surface area contributed by atoms with Gasteiger partial charge in [-0.15, -0.1) is 0 Å². The van der Waals surface area contributed by atoms with E-state index in [1.54, 1.807) is 0 Å². The Hall–Kier alpha value is -0.330. The number of hydrogen-bond donors (Lipinski definition) is 0. The summed E-state index contributed by atoms with van der Waals surface area (Å²) in [6, 6.07) is 0. The van der Waals surface area contributed by atoms with Crippen LogP contribution in [0.4, 0.5) is 0 Å². The molecule has 0 aliphatic heterocycles. The van der Waals surface area contributed by atoms with Gasteiger partial charge in [-0.2, -0.15) is 0 Å². The van der Waals surface area contributed by atoms with E-state index in [2.05, 4.69) is 34.6 Å². The van der Waals surface area contributed by atoms with E-state index in [-0.39, 0.29) is 5.41 Å². The molecule has 1 heteroatoms. The number of hydrogen-bond acceptors (Lipinski definition) is 1. The maximum absolute atomic E-state index is 12.2. The minimum Gasteiger partial charge on any atom is -0.299 e. The lowest BCUT2D eigenvalue weighted by Crippen LogP contribution is -2.44. The summed E-state index contributed by atoms with van der Waals surface area (Å²) in [5.74, 6) is 2.73. The van der Waals surface area contributed by atoms with E-state index in [0.29, 0.717) is 17.1 Å². The molecule has 2 saturated carbocycles. The molecule has 18 heavy (non-hydrogen) atoms. The van der Waals surface area contributed by atoms with Crippen LogP contribution in [0.25, 0.3) is 0 Å². The van der Waals surface area contributed by atoms with Gasteiger partial charge in [0, 0.05) is 11.8 Å². The van der Waals surface area contributed by atoms with Crippen molar-refractivity contribution in [3.05, 3.63) is 0 Å². The van der Waals surface area contributed by atoms with Crippen molar-refractivity contribution in [2.24, 2.45) is 28.6 Å². The number of rotatable bonds is 3. The third kappa shape index (κ3) is 2.04. The van der Waals surface area contributed by atoms with Gasteiger partial charge in [-0.25, -0.2) is 0 Å². The van der Waals surface area contributed by atoms with Crippen LogP contribution in [-0.2, 0) is 4.79 Å². The second kappa shape index (κ2) is 4.65. The Balaban J connectivity index is 2.18. The van der Waals surface area contributed by atoms with Gasteiger partial charge in [0.15, 0.2) is 0 Å². The molecule has 0 amide bonds. The molecule has 104 valence electrons. The predicted octanol–water partition coefficient (Wildman–Crippen LogP) is 4.84. The summed E-state index contributed by atoms with van der Waals surface area (Å²) in [7, 11) is 0. The van der Waals surface area contributed by atoms with Crippen LogP contribution < -0.4 is 0 Å². The molecule has 1 nitrogen and oxygen atoms in total. The maximum Gasteiger partial charge on any atom is 0.139 e. The van der Waals surface area contributed by atoms with Crippen LogP contribution >= 0.6 is 0 Å².